The molecule has 0 amide bonds. The zero-order chi connectivity index (χ0) is 13.1. The standard InChI is InChI=1S/C12H14F2N4/c1-2-18-7-8(6-16-18)12(17-15)11-9(13)4-3-5-10(11)14/h3-7,12,17H,2,15H2,1H3. The Morgan fingerprint density at radius 1 is 1.39 bits per heavy atom. The van der Waals surface area contributed by atoms with E-state index in [4.69, 9.17) is 5.84 Å². The summed E-state index contributed by atoms with van der Waals surface area (Å²) >= 11 is 0. The van der Waals surface area contributed by atoms with E-state index in [9.17, 15) is 8.78 Å². The normalized spacial score (nSPS) is 12.7. The summed E-state index contributed by atoms with van der Waals surface area (Å²) in [6.45, 7) is 2.60. The summed E-state index contributed by atoms with van der Waals surface area (Å²) in [6.07, 6.45) is 3.25. The highest BCUT2D eigenvalue weighted by Crippen LogP contribution is 2.25. The maximum atomic E-state index is 13.7. The van der Waals surface area contributed by atoms with Crippen LogP contribution in [0.15, 0.2) is 30.6 Å². The number of hydrogen-bond donors (Lipinski definition) is 2. The lowest BCUT2D eigenvalue weighted by Crippen LogP contribution is -2.30. The molecule has 0 spiro atoms. The first-order chi connectivity index (χ1) is 8.67. The van der Waals surface area contributed by atoms with Crippen molar-refractivity contribution in [1.82, 2.24) is 15.2 Å². The summed E-state index contributed by atoms with van der Waals surface area (Å²) in [6, 6.07) is 2.96. The fraction of sp³-hybridized carbons (Fsp3) is 0.250. The third-order valence-corrected chi connectivity index (χ3v) is 2.77. The van der Waals surface area contributed by atoms with Gasteiger partial charge in [-0.1, -0.05) is 6.07 Å². The second-order valence-corrected chi connectivity index (χ2v) is 3.86. The summed E-state index contributed by atoms with van der Waals surface area (Å²) in [7, 11) is 0. The van der Waals surface area contributed by atoms with Crippen LogP contribution in [-0.2, 0) is 6.54 Å². The number of hydrogen-bond acceptors (Lipinski definition) is 3. The molecule has 0 radical (unpaired) electrons. The van der Waals surface area contributed by atoms with Gasteiger partial charge in [0.2, 0.25) is 0 Å². The van der Waals surface area contributed by atoms with E-state index in [1.165, 1.54) is 18.2 Å². The average Bonchev–Trinajstić information content (AvgIpc) is 2.82. The van der Waals surface area contributed by atoms with Crippen LogP contribution in [0.1, 0.15) is 24.1 Å². The maximum absolute atomic E-state index is 13.7. The highest BCUT2D eigenvalue weighted by molar-refractivity contribution is 5.31. The molecule has 0 aliphatic rings. The number of halogens is 2. The van der Waals surface area contributed by atoms with E-state index in [-0.39, 0.29) is 5.56 Å². The van der Waals surface area contributed by atoms with Crippen molar-refractivity contribution in [3.05, 3.63) is 53.4 Å². The van der Waals surface area contributed by atoms with E-state index in [1.54, 1.807) is 17.1 Å². The van der Waals surface area contributed by atoms with Crippen LogP contribution < -0.4 is 11.3 Å². The van der Waals surface area contributed by atoms with Gasteiger partial charge in [-0.15, -0.1) is 0 Å². The molecule has 1 aromatic carbocycles. The van der Waals surface area contributed by atoms with Gasteiger partial charge in [0.15, 0.2) is 0 Å². The largest absolute Gasteiger partial charge is 0.273 e. The number of nitrogens with one attached hydrogen (secondary N) is 1. The molecule has 4 nitrogen and oxygen atoms in total. The molecule has 0 bridgehead atoms. The van der Waals surface area contributed by atoms with Crippen molar-refractivity contribution < 1.29 is 8.78 Å². The highest BCUT2D eigenvalue weighted by atomic mass is 19.1. The number of rotatable bonds is 4. The van der Waals surface area contributed by atoms with Gasteiger partial charge in [-0.3, -0.25) is 10.5 Å². The number of aromatic nitrogens is 2. The smallest absolute Gasteiger partial charge is 0.131 e. The molecule has 18 heavy (non-hydrogen) atoms. The molecular formula is C12H14F2N4. The van der Waals surface area contributed by atoms with Gasteiger partial charge in [0.25, 0.3) is 0 Å². The van der Waals surface area contributed by atoms with Gasteiger partial charge in [-0.05, 0) is 19.1 Å². The van der Waals surface area contributed by atoms with Crippen LogP contribution >= 0.6 is 0 Å². The van der Waals surface area contributed by atoms with Crippen LogP contribution in [0.4, 0.5) is 8.78 Å². The van der Waals surface area contributed by atoms with Gasteiger partial charge in [0, 0.05) is 23.9 Å². The average molecular weight is 252 g/mol. The number of nitrogens with zero attached hydrogens (tertiary/aromatic N) is 2. The lowest BCUT2D eigenvalue weighted by atomic mass is 10.0. The van der Waals surface area contributed by atoms with E-state index in [0.29, 0.717) is 12.1 Å². The molecule has 0 saturated heterocycles. The van der Waals surface area contributed by atoms with Gasteiger partial charge in [0.05, 0.1) is 12.2 Å². The van der Waals surface area contributed by atoms with Crippen LogP contribution in [-0.4, -0.2) is 9.78 Å². The van der Waals surface area contributed by atoms with Crippen LogP contribution in [0.2, 0.25) is 0 Å². The first-order valence-corrected chi connectivity index (χ1v) is 5.59. The second-order valence-electron chi connectivity index (χ2n) is 3.86. The van der Waals surface area contributed by atoms with Crippen molar-refractivity contribution in [2.75, 3.05) is 0 Å². The molecule has 1 heterocycles. The summed E-state index contributed by atoms with van der Waals surface area (Å²) in [5.41, 5.74) is 2.93. The fourth-order valence-electron chi connectivity index (χ4n) is 1.83. The molecule has 0 saturated carbocycles. The van der Waals surface area contributed by atoms with E-state index in [0.717, 1.165) is 0 Å². The van der Waals surface area contributed by atoms with Crippen molar-refractivity contribution in [2.24, 2.45) is 5.84 Å². The monoisotopic (exact) mass is 252 g/mol. The van der Waals surface area contributed by atoms with Crippen molar-refractivity contribution in [1.29, 1.82) is 0 Å². The van der Waals surface area contributed by atoms with E-state index >= 15 is 0 Å². The third kappa shape index (κ3) is 2.25. The zero-order valence-corrected chi connectivity index (χ0v) is 9.90. The first-order valence-electron chi connectivity index (χ1n) is 5.59. The van der Waals surface area contributed by atoms with Gasteiger partial charge >= 0.3 is 0 Å². The number of benzene rings is 1. The Hall–Kier alpha value is -1.79. The highest BCUT2D eigenvalue weighted by Gasteiger charge is 2.21. The predicted octanol–water partition coefficient (Wildman–Crippen LogP) is 1.73. The van der Waals surface area contributed by atoms with Crippen molar-refractivity contribution in [3.8, 4) is 0 Å². The molecule has 0 aliphatic heterocycles. The summed E-state index contributed by atoms with van der Waals surface area (Å²) in [5.74, 6) is 4.13. The molecule has 3 N–H and O–H groups in total. The molecule has 1 atom stereocenters. The molecular weight excluding hydrogens is 238 g/mol. The fourth-order valence-corrected chi connectivity index (χ4v) is 1.83. The molecule has 1 aromatic heterocycles. The number of nitrogens with two attached hydrogens (primary N) is 1. The van der Waals surface area contributed by atoms with Crippen LogP contribution in [0.5, 0.6) is 0 Å². The SMILES string of the molecule is CCn1cc(C(NN)c2c(F)cccc2F)cn1. The quantitative estimate of drug-likeness (QED) is 0.643. The Morgan fingerprint density at radius 3 is 2.56 bits per heavy atom. The Bertz CT molecular complexity index is 518. The Labute approximate surface area is 103 Å². The third-order valence-electron chi connectivity index (χ3n) is 2.77. The van der Waals surface area contributed by atoms with Gasteiger partial charge in [-0.2, -0.15) is 5.10 Å². The topological polar surface area (TPSA) is 55.9 Å². The van der Waals surface area contributed by atoms with Gasteiger partial charge in [0.1, 0.15) is 11.6 Å². The van der Waals surface area contributed by atoms with Crippen molar-refractivity contribution in [2.45, 2.75) is 19.5 Å². The molecule has 2 rings (SSSR count). The molecule has 6 heteroatoms. The summed E-state index contributed by atoms with van der Waals surface area (Å²) < 4.78 is 29.1. The van der Waals surface area contributed by atoms with E-state index in [1.807, 2.05) is 6.92 Å². The first kappa shape index (κ1) is 12.7. The van der Waals surface area contributed by atoms with Gasteiger partial charge in [-0.25, -0.2) is 14.2 Å². The summed E-state index contributed by atoms with van der Waals surface area (Å²) in [4.78, 5) is 0. The Balaban J connectivity index is 2.45. The minimum Gasteiger partial charge on any atom is -0.273 e. The van der Waals surface area contributed by atoms with Gasteiger partial charge < -0.3 is 0 Å². The second kappa shape index (κ2) is 5.24. The zero-order valence-electron chi connectivity index (χ0n) is 9.90. The molecule has 96 valence electrons. The van der Waals surface area contributed by atoms with E-state index < -0.39 is 17.7 Å². The molecule has 1 unspecified atom stereocenters. The van der Waals surface area contributed by atoms with Crippen LogP contribution in [0.25, 0.3) is 0 Å². The van der Waals surface area contributed by atoms with Crippen molar-refractivity contribution >= 4 is 0 Å². The minimum absolute atomic E-state index is 0.101. The Morgan fingerprint density at radius 2 is 2.06 bits per heavy atom. The lowest BCUT2D eigenvalue weighted by Gasteiger charge is -2.16. The minimum atomic E-state index is -0.758. The Kier molecular flexibility index (Phi) is 3.69. The van der Waals surface area contributed by atoms with Crippen LogP contribution in [0, 0.1) is 11.6 Å². The number of hydrazine groups is 1. The predicted molar refractivity (Wildman–Crippen MR) is 63.4 cm³/mol. The molecule has 0 aliphatic carbocycles. The molecule has 2 aromatic rings. The molecule has 0 fully saturated rings. The van der Waals surface area contributed by atoms with Crippen molar-refractivity contribution in [3.63, 3.8) is 0 Å². The maximum Gasteiger partial charge on any atom is 0.131 e. The lowest BCUT2D eigenvalue weighted by molar-refractivity contribution is 0.510. The number of aryl methyl sites for hydroxylation is 1. The van der Waals surface area contributed by atoms with Crippen LogP contribution in [0.3, 0.4) is 0 Å². The summed E-state index contributed by atoms with van der Waals surface area (Å²) in [5, 5.41) is 4.06. The van der Waals surface area contributed by atoms with E-state index in [2.05, 4.69) is 10.5 Å².